The maximum atomic E-state index is 13.2. The Morgan fingerprint density at radius 2 is 1.95 bits per heavy atom. The summed E-state index contributed by atoms with van der Waals surface area (Å²) < 4.78 is 32.0. The Bertz CT molecular complexity index is 463. The molecule has 6 heteroatoms. The molecule has 1 aliphatic carbocycles. The zero-order valence-corrected chi connectivity index (χ0v) is 13.3. The van der Waals surface area contributed by atoms with E-state index in [9.17, 15) is 8.78 Å². The quantitative estimate of drug-likeness (QED) is 0.889. The molecule has 2 aliphatic rings. The van der Waals surface area contributed by atoms with Crippen molar-refractivity contribution < 1.29 is 13.5 Å². The van der Waals surface area contributed by atoms with Crippen LogP contribution in [0.25, 0.3) is 0 Å². The summed E-state index contributed by atoms with van der Waals surface area (Å²) in [5.41, 5.74) is 0.658. The zero-order chi connectivity index (χ0) is 14.7. The van der Waals surface area contributed by atoms with Crippen LogP contribution >= 0.6 is 12.4 Å². The third kappa shape index (κ3) is 4.38. The van der Waals surface area contributed by atoms with Gasteiger partial charge in [0.1, 0.15) is 11.6 Å². The van der Waals surface area contributed by atoms with Gasteiger partial charge in [-0.1, -0.05) is 6.42 Å². The highest BCUT2D eigenvalue weighted by atomic mass is 35.5. The van der Waals surface area contributed by atoms with Crippen LogP contribution in [0.5, 0.6) is 0 Å². The first-order valence-electron chi connectivity index (χ1n) is 7.72. The van der Waals surface area contributed by atoms with Crippen molar-refractivity contribution in [1.29, 1.82) is 0 Å². The first kappa shape index (κ1) is 17.6. The highest BCUT2D eigenvalue weighted by Gasteiger charge is 2.34. The molecule has 1 aromatic rings. The Balaban J connectivity index is 0.00000176. The van der Waals surface area contributed by atoms with Gasteiger partial charge in [0.25, 0.3) is 0 Å². The van der Waals surface area contributed by atoms with Gasteiger partial charge in [0.05, 0.1) is 13.2 Å². The topological polar surface area (TPSA) is 33.3 Å². The molecule has 1 saturated heterocycles. The van der Waals surface area contributed by atoms with E-state index in [1.165, 1.54) is 25.0 Å². The van der Waals surface area contributed by atoms with Crippen LogP contribution in [0, 0.1) is 17.6 Å². The first-order chi connectivity index (χ1) is 10.2. The lowest BCUT2D eigenvalue weighted by Crippen LogP contribution is -2.50. The molecular formula is C16H23ClF2N2O. The molecule has 1 heterocycles. The molecule has 0 radical (unpaired) electrons. The molecule has 3 rings (SSSR count). The van der Waals surface area contributed by atoms with Crippen molar-refractivity contribution in [2.24, 2.45) is 5.92 Å². The Hall–Kier alpha value is -0.750. The fourth-order valence-electron chi connectivity index (χ4n) is 3.55. The van der Waals surface area contributed by atoms with Gasteiger partial charge in [-0.15, -0.1) is 12.4 Å². The van der Waals surface area contributed by atoms with Gasteiger partial charge in [-0.25, -0.2) is 8.78 Å². The van der Waals surface area contributed by atoms with Gasteiger partial charge in [-0.05, 0) is 36.5 Å². The van der Waals surface area contributed by atoms with Crippen molar-refractivity contribution in [3.63, 3.8) is 0 Å². The molecule has 22 heavy (non-hydrogen) atoms. The fourth-order valence-corrected chi connectivity index (χ4v) is 3.55. The third-order valence-corrected chi connectivity index (χ3v) is 4.53. The number of halogens is 3. The Kier molecular flexibility index (Phi) is 6.56. The van der Waals surface area contributed by atoms with E-state index in [0.29, 0.717) is 30.1 Å². The summed E-state index contributed by atoms with van der Waals surface area (Å²) in [7, 11) is 0. The van der Waals surface area contributed by atoms with Crippen molar-refractivity contribution in [3.05, 3.63) is 35.4 Å². The number of benzene rings is 1. The minimum Gasteiger partial charge on any atom is -0.379 e. The van der Waals surface area contributed by atoms with Gasteiger partial charge in [0, 0.05) is 31.2 Å². The number of morpholine rings is 1. The Morgan fingerprint density at radius 3 is 2.64 bits per heavy atom. The highest BCUT2D eigenvalue weighted by molar-refractivity contribution is 5.85. The molecule has 3 atom stereocenters. The van der Waals surface area contributed by atoms with E-state index < -0.39 is 11.6 Å². The summed E-state index contributed by atoms with van der Waals surface area (Å²) >= 11 is 0. The number of nitrogens with one attached hydrogen (secondary N) is 2. The zero-order valence-electron chi connectivity index (χ0n) is 12.5. The minimum absolute atomic E-state index is 0. The van der Waals surface area contributed by atoms with Crippen LogP contribution in [-0.2, 0) is 11.3 Å². The van der Waals surface area contributed by atoms with E-state index in [1.54, 1.807) is 0 Å². The van der Waals surface area contributed by atoms with Gasteiger partial charge in [-0.3, -0.25) is 0 Å². The number of ether oxygens (including phenoxy) is 1. The predicted molar refractivity (Wildman–Crippen MR) is 84.2 cm³/mol. The van der Waals surface area contributed by atoms with Crippen molar-refractivity contribution in [1.82, 2.24) is 10.6 Å². The lowest BCUT2D eigenvalue weighted by atomic mass is 9.94. The van der Waals surface area contributed by atoms with Crippen LogP contribution in [0.1, 0.15) is 24.8 Å². The molecule has 1 saturated carbocycles. The normalized spacial score (nSPS) is 28.4. The van der Waals surface area contributed by atoms with Crippen LogP contribution in [0.3, 0.4) is 0 Å². The van der Waals surface area contributed by atoms with Crippen molar-refractivity contribution in [3.8, 4) is 0 Å². The van der Waals surface area contributed by atoms with E-state index in [4.69, 9.17) is 4.74 Å². The maximum absolute atomic E-state index is 13.2. The van der Waals surface area contributed by atoms with Gasteiger partial charge in [0.2, 0.25) is 0 Å². The molecule has 3 nitrogen and oxygen atoms in total. The van der Waals surface area contributed by atoms with Gasteiger partial charge >= 0.3 is 0 Å². The van der Waals surface area contributed by atoms with Gasteiger partial charge in [-0.2, -0.15) is 0 Å². The van der Waals surface area contributed by atoms with Crippen LogP contribution in [0.15, 0.2) is 18.2 Å². The van der Waals surface area contributed by atoms with E-state index in [2.05, 4.69) is 10.6 Å². The summed E-state index contributed by atoms with van der Waals surface area (Å²) in [6.45, 7) is 2.95. The first-order valence-corrected chi connectivity index (χ1v) is 7.72. The minimum atomic E-state index is -0.517. The number of rotatable bonds is 4. The summed E-state index contributed by atoms with van der Waals surface area (Å²) in [6, 6.07) is 4.47. The second kappa shape index (κ2) is 8.20. The van der Waals surface area contributed by atoms with Crippen LogP contribution < -0.4 is 10.6 Å². The van der Waals surface area contributed by atoms with Crippen LogP contribution in [0.2, 0.25) is 0 Å². The molecule has 2 fully saturated rings. The SMILES string of the molecule is Cl.Fc1cc(F)cc(CNC2CCCC2C2COCCN2)c1. The Labute approximate surface area is 136 Å². The third-order valence-electron chi connectivity index (χ3n) is 4.53. The fraction of sp³-hybridized carbons (Fsp3) is 0.625. The van der Waals surface area contributed by atoms with Crippen molar-refractivity contribution >= 4 is 12.4 Å². The average Bonchev–Trinajstić information content (AvgIpc) is 2.93. The smallest absolute Gasteiger partial charge is 0.126 e. The molecule has 1 aromatic carbocycles. The van der Waals surface area contributed by atoms with E-state index in [0.717, 1.165) is 32.2 Å². The highest BCUT2D eigenvalue weighted by Crippen LogP contribution is 2.29. The van der Waals surface area contributed by atoms with E-state index in [-0.39, 0.29) is 12.4 Å². The summed E-state index contributed by atoms with van der Waals surface area (Å²) in [5.74, 6) is -0.502. The average molecular weight is 333 g/mol. The standard InChI is InChI=1S/C16H22F2N2O.ClH/c17-12-6-11(7-13(18)8-12)9-20-15-3-1-2-14(15)16-10-21-5-4-19-16;/h6-8,14-16,19-20H,1-5,9-10H2;1H. The molecule has 2 N–H and O–H groups in total. The molecule has 1 aliphatic heterocycles. The molecular weight excluding hydrogens is 310 g/mol. The summed E-state index contributed by atoms with van der Waals surface area (Å²) in [5, 5.41) is 6.99. The molecule has 0 bridgehead atoms. The van der Waals surface area contributed by atoms with Crippen LogP contribution in [-0.4, -0.2) is 31.8 Å². The summed E-state index contributed by atoms with van der Waals surface area (Å²) in [6.07, 6.45) is 3.48. The van der Waals surface area contributed by atoms with Gasteiger partial charge < -0.3 is 15.4 Å². The lowest BCUT2D eigenvalue weighted by molar-refractivity contribution is 0.0524. The molecule has 3 unspecified atom stereocenters. The molecule has 0 spiro atoms. The lowest BCUT2D eigenvalue weighted by Gasteiger charge is -2.33. The molecule has 0 amide bonds. The monoisotopic (exact) mass is 332 g/mol. The summed E-state index contributed by atoms with van der Waals surface area (Å²) in [4.78, 5) is 0. The van der Waals surface area contributed by atoms with Gasteiger partial charge in [0.15, 0.2) is 0 Å². The molecule has 0 aromatic heterocycles. The number of hydrogen-bond donors (Lipinski definition) is 2. The van der Waals surface area contributed by atoms with Crippen LogP contribution in [0.4, 0.5) is 8.78 Å². The predicted octanol–water partition coefficient (Wildman–Crippen LogP) is 2.63. The number of hydrogen-bond acceptors (Lipinski definition) is 3. The second-order valence-corrected chi connectivity index (χ2v) is 6.00. The maximum Gasteiger partial charge on any atom is 0.126 e. The Morgan fingerprint density at radius 1 is 1.18 bits per heavy atom. The van der Waals surface area contributed by atoms with E-state index >= 15 is 0 Å². The largest absolute Gasteiger partial charge is 0.379 e. The second-order valence-electron chi connectivity index (χ2n) is 6.00. The van der Waals surface area contributed by atoms with Crippen molar-refractivity contribution in [2.75, 3.05) is 19.8 Å². The molecule has 124 valence electrons. The van der Waals surface area contributed by atoms with Crippen molar-refractivity contribution in [2.45, 2.75) is 37.9 Å². The van der Waals surface area contributed by atoms with E-state index in [1.807, 2.05) is 0 Å².